The van der Waals surface area contributed by atoms with Gasteiger partial charge in [-0.3, -0.25) is 0 Å². The molecule has 1 aliphatic carbocycles. The van der Waals surface area contributed by atoms with Crippen molar-refractivity contribution < 1.29 is 4.74 Å². The van der Waals surface area contributed by atoms with Crippen molar-refractivity contribution in [2.24, 2.45) is 0 Å². The highest BCUT2D eigenvalue weighted by atomic mass is 16.5. The molecule has 2 heterocycles. The van der Waals surface area contributed by atoms with E-state index < -0.39 is 0 Å². The minimum absolute atomic E-state index is 0.395. The zero-order valence-electron chi connectivity index (χ0n) is 17.6. The van der Waals surface area contributed by atoms with E-state index in [1.54, 1.807) is 11.8 Å². The first kappa shape index (κ1) is 19.4. The van der Waals surface area contributed by atoms with E-state index in [0.717, 1.165) is 40.8 Å². The maximum Gasteiger partial charge on any atom is 0.225 e. The lowest BCUT2D eigenvalue weighted by molar-refractivity contribution is 0.416. The topological polar surface area (TPSA) is 90.9 Å². The standard InChI is InChI=1S/C24H26N6O/c1-31-19-14-8-7-13-18(19)21-20-22(25)30(15-16-9-3-2-4-10-16)29-23(20)28-24(27-21)26-17-11-5-6-12-17/h2-4,7-10,13-14,17H,5-6,11-12,15,25H2,1H3,(H,26,28,29). The summed E-state index contributed by atoms with van der Waals surface area (Å²) in [5, 5.41) is 9.00. The lowest BCUT2D eigenvalue weighted by Crippen LogP contribution is -2.17. The van der Waals surface area contributed by atoms with E-state index >= 15 is 0 Å². The Kier molecular flexibility index (Phi) is 5.16. The van der Waals surface area contributed by atoms with Crippen LogP contribution in [0.5, 0.6) is 5.75 Å². The van der Waals surface area contributed by atoms with Gasteiger partial charge in [-0.1, -0.05) is 55.3 Å². The van der Waals surface area contributed by atoms with Crippen LogP contribution in [-0.2, 0) is 6.54 Å². The summed E-state index contributed by atoms with van der Waals surface area (Å²) < 4.78 is 7.41. The number of ether oxygens (including phenoxy) is 1. The van der Waals surface area contributed by atoms with Gasteiger partial charge in [-0.2, -0.15) is 4.98 Å². The highest BCUT2D eigenvalue weighted by molar-refractivity contribution is 6.00. The quantitative estimate of drug-likeness (QED) is 0.483. The third-order valence-electron chi connectivity index (χ3n) is 5.87. The molecule has 5 rings (SSSR count). The van der Waals surface area contributed by atoms with Crippen molar-refractivity contribution in [3.63, 3.8) is 0 Å². The monoisotopic (exact) mass is 414 g/mol. The van der Waals surface area contributed by atoms with Crippen LogP contribution in [-0.4, -0.2) is 32.9 Å². The van der Waals surface area contributed by atoms with Crippen LogP contribution >= 0.6 is 0 Å². The fourth-order valence-electron chi connectivity index (χ4n) is 4.28. The van der Waals surface area contributed by atoms with E-state index in [2.05, 4.69) is 17.4 Å². The van der Waals surface area contributed by atoms with Crippen LogP contribution in [0.3, 0.4) is 0 Å². The van der Waals surface area contributed by atoms with Crippen LogP contribution < -0.4 is 15.8 Å². The molecule has 1 saturated carbocycles. The van der Waals surface area contributed by atoms with Crippen molar-refractivity contribution in [1.29, 1.82) is 0 Å². The molecule has 1 aliphatic rings. The largest absolute Gasteiger partial charge is 0.496 e. The smallest absolute Gasteiger partial charge is 0.225 e. The zero-order valence-corrected chi connectivity index (χ0v) is 17.6. The average molecular weight is 415 g/mol. The van der Waals surface area contributed by atoms with Gasteiger partial charge >= 0.3 is 0 Å². The van der Waals surface area contributed by atoms with Crippen molar-refractivity contribution in [3.05, 3.63) is 60.2 Å². The molecular weight excluding hydrogens is 388 g/mol. The van der Waals surface area contributed by atoms with Gasteiger partial charge in [0.15, 0.2) is 5.65 Å². The Hall–Kier alpha value is -3.61. The Morgan fingerprint density at radius 2 is 1.77 bits per heavy atom. The number of benzene rings is 2. The molecule has 0 amide bonds. The lowest BCUT2D eigenvalue weighted by atomic mass is 10.1. The Morgan fingerprint density at radius 3 is 2.55 bits per heavy atom. The number of rotatable bonds is 6. The molecule has 0 spiro atoms. The maximum atomic E-state index is 6.59. The Balaban J connectivity index is 1.66. The second-order valence-corrected chi connectivity index (χ2v) is 7.95. The van der Waals surface area contributed by atoms with Crippen molar-refractivity contribution in [1.82, 2.24) is 19.7 Å². The lowest BCUT2D eigenvalue weighted by Gasteiger charge is -2.14. The minimum Gasteiger partial charge on any atom is -0.496 e. The van der Waals surface area contributed by atoms with Gasteiger partial charge in [0.2, 0.25) is 5.95 Å². The summed E-state index contributed by atoms with van der Waals surface area (Å²) in [7, 11) is 1.66. The van der Waals surface area contributed by atoms with Crippen LogP contribution in [0.4, 0.5) is 11.8 Å². The fourth-order valence-corrected chi connectivity index (χ4v) is 4.28. The number of nitrogens with two attached hydrogens (primary N) is 1. The molecule has 0 radical (unpaired) electrons. The van der Waals surface area contributed by atoms with Gasteiger partial charge in [-0.25, -0.2) is 9.67 Å². The van der Waals surface area contributed by atoms with E-state index in [0.29, 0.717) is 30.0 Å². The first-order valence-electron chi connectivity index (χ1n) is 10.7. The van der Waals surface area contributed by atoms with E-state index in [1.165, 1.54) is 12.8 Å². The molecule has 0 unspecified atom stereocenters. The Labute approximate surface area is 181 Å². The number of anilines is 2. The van der Waals surface area contributed by atoms with Crippen LogP contribution in [0.2, 0.25) is 0 Å². The molecule has 0 atom stereocenters. The van der Waals surface area contributed by atoms with Gasteiger partial charge < -0.3 is 15.8 Å². The molecule has 7 nitrogen and oxygen atoms in total. The summed E-state index contributed by atoms with van der Waals surface area (Å²) in [6.07, 6.45) is 4.74. The summed E-state index contributed by atoms with van der Waals surface area (Å²) in [4.78, 5) is 9.62. The summed E-state index contributed by atoms with van der Waals surface area (Å²) in [6.45, 7) is 0.569. The molecule has 7 heteroatoms. The van der Waals surface area contributed by atoms with Gasteiger partial charge in [-0.15, -0.1) is 5.10 Å². The average Bonchev–Trinajstić information content (AvgIpc) is 3.42. The normalized spacial score (nSPS) is 14.2. The molecule has 31 heavy (non-hydrogen) atoms. The zero-order chi connectivity index (χ0) is 21.2. The van der Waals surface area contributed by atoms with Crippen molar-refractivity contribution >= 4 is 22.8 Å². The number of methoxy groups -OCH3 is 1. The summed E-state index contributed by atoms with van der Waals surface area (Å²) >= 11 is 0. The molecular formula is C24H26N6O. The fraction of sp³-hybridized carbons (Fsp3) is 0.292. The van der Waals surface area contributed by atoms with Gasteiger partial charge in [0.1, 0.15) is 11.6 Å². The molecule has 158 valence electrons. The van der Waals surface area contributed by atoms with Gasteiger partial charge in [0, 0.05) is 11.6 Å². The first-order valence-corrected chi connectivity index (χ1v) is 10.7. The van der Waals surface area contributed by atoms with Crippen LogP contribution in [0.15, 0.2) is 54.6 Å². The number of nitrogens with one attached hydrogen (secondary N) is 1. The summed E-state index contributed by atoms with van der Waals surface area (Å²) in [6, 6.07) is 18.4. The molecule has 4 aromatic rings. The minimum atomic E-state index is 0.395. The second-order valence-electron chi connectivity index (χ2n) is 7.95. The molecule has 0 bridgehead atoms. The highest BCUT2D eigenvalue weighted by Gasteiger charge is 2.22. The maximum absolute atomic E-state index is 6.59. The number of para-hydroxylation sites is 1. The number of nitrogens with zero attached hydrogens (tertiary/aromatic N) is 4. The molecule has 0 saturated heterocycles. The van der Waals surface area contributed by atoms with Gasteiger partial charge in [-0.05, 0) is 30.5 Å². The molecule has 0 aliphatic heterocycles. The summed E-state index contributed by atoms with van der Waals surface area (Å²) in [5.74, 6) is 1.88. The molecule has 1 fully saturated rings. The molecule has 2 aromatic heterocycles. The Bertz CT molecular complexity index is 1200. The van der Waals surface area contributed by atoms with Crippen molar-refractivity contribution in [2.75, 3.05) is 18.2 Å². The highest BCUT2D eigenvalue weighted by Crippen LogP contribution is 2.36. The third kappa shape index (κ3) is 3.79. The van der Waals surface area contributed by atoms with Crippen molar-refractivity contribution in [3.8, 4) is 17.0 Å². The van der Waals surface area contributed by atoms with E-state index in [9.17, 15) is 0 Å². The van der Waals surface area contributed by atoms with E-state index in [1.807, 2.05) is 42.5 Å². The second kappa shape index (κ2) is 8.26. The number of hydrogen-bond donors (Lipinski definition) is 2. The first-order chi connectivity index (χ1) is 15.2. The number of fused-ring (bicyclic) bond motifs is 1. The number of hydrogen-bond acceptors (Lipinski definition) is 6. The molecule has 3 N–H and O–H groups in total. The van der Waals surface area contributed by atoms with Gasteiger partial charge in [0.05, 0.1) is 24.7 Å². The Morgan fingerprint density at radius 1 is 1.03 bits per heavy atom. The number of aromatic nitrogens is 4. The van der Waals surface area contributed by atoms with Crippen LogP contribution in [0.1, 0.15) is 31.2 Å². The van der Waals surface area contributed by atoms with Gasteiger partial charge in [0.25, 0.3) is 0 Å². The predicted octanol–water partition coefficient (Wildman–Crippen LogP) is 4.49. The third-order valence-corrected chi connectivity index (χ3v) is 5.87. The van der Waals surface area contributed by atoms with Crippen LogP contribution in [0.25, 0.3) is 22.3 Å². The van der Waals surface area contributed by atoms with Crippen LogP contribution in [0, 0.1) is 0 Å². The molecule has 2 aromatic carbocycles. The SMILES string of the molecule is COc1ccccc1-c1nc(NC2CCCC2)nc2nn(Cc3ccccc3)c(N)c12. The van der Waals surface area contributed by atoms with Crippen molar-refractivity contribution in [2.45, 2.75) is 38.3 Å². The number of nitrogen functional groups attached to an aromatic ring is 1. The summed E-state index contributed by atoms with van der Waals surface area (Å²) in [5.41, 5.74) is 9.91. The predicted molar refractivity (Wildman–Crippen MR) is 123 cm³/mol. The van der Waals surface area contributed by atoms with E-state index in [-0.39, 0.29) is 0 Å². The van der Waals surface area contributed by atoms with E-state index in [4.69, 9.17) is 25.5 Å².